The van der Waals surface area contributed by atoms with Gasteiger partial charge in [0.1, 0.15) is 11.5 Å². The van der Waals surface area contributed by atoms with Crippen LogP contribution in [-0.4, -0.2) is 31.1 Å². The molecule has 4 heteroatoms. The van der Waals surface area contributed by atoms with Gasteiger partial charge in [-0.15, -0.1) is 0 Å². The highest BCUT2D eigenvalue weighted by molar-refractivity contribution is 5.76. The summed E-state index contributed by atoms with van der Waals surface area (Å²) < 4.78 is 10.9. The minimum absolute atomic E-state index is 0.250. The molecule has 1 rings (SSSR count). The van der Waals surface area contributed by atoms with Crippen LogP contribution in [0.5, 0.6) is 11.5 Å². The number of hydrogen-bond acceptors (Lipinski definition) is 3. The molecule has 1 aromatic rings. The van der Waals surface area contributed by atoms with Gasteiger partial charge in [-0.2, -0.15) is 0 Å². The Morgan fingerprint density at radius 2 is 1.67 bits per heavy atom. The lowest BCUT2D eigenvalue weighted by molar-refractivity contribution is -0.135. The fraction of sp³-hybridized carbons (Fsp3) is 0.696. The van der Waals surface area contributed by atoms with Gasteiger partial charge in [-0.1, -0.05) is 53.4 Å². The van der Waals surface area contributed by atoms with E-state index in [2.05, 4.69) is 32.6 Å². The summed E-state index contributed by atoms with van der Waals surface area (Å²) in [5.74, 6) is 2.15. The molecule has 0 spiro atoms. The van der Waals surface area contributed by atoms with Gasteiger partial charge in [0.05, 0.1) is 14.2 Å². The molecule has 0 N–H and O–H groups in total. The van der Waals surface area contributed by atoms with Crippen LogP contribution in [0.3, 0.4) is 0 Å². The van der Waals surface area contributed by atoms with Gasteiger partial charge in [0.15, 0.2) is 0 Å². The highest BCUT2D eigenvalue weighted by atomic mass is 16.5. The summed E-state index contributed by atoms with van der Waals surface area (Å²) in [6.07, 6.45) is 7.34. The van der Waals surface area contributed by atoms with Gasteiger partial charge in [0.25, 0.3) is 0 Å². The molecule has 0 aromatic heterocycles. The monoisotopic (exact) mass is 377 g/mol. The van der Waals surface area contributed by atoms with Crippen molar-refractivity contribution in [3.63, 3.8) is 0 Å². The normalized spacial score (nSPS) is 11.1. The maximum Gasteiger partial charge on any atom is 0.223 e. The lowest BCUT2D eigenvalue weighted by Crippen LogP contribution is -2.40. The summed E-state index contributed by atoms with van der Waals surface area (Å²) in [4.78, 5) is 15.2. The number of methoxy groups -OCH3 is 2. The third-order valence-electron chi connectivity index (χ3n) is 4.96. The molecule has 0 unspecified atom stereocenters. The van der Waals surface area contributed by atoms with E-state index in [9.17, 15) is 4.79 Å². The second-order valence-corrected chi connectivity index (χ2v) is 7.74. The number of nitrogens with zero attached hydrogens (tertiary/aromatic N) is 1. The van der Waals surface area contributed by atoms with Crippen molar-refractivity contribution in [2.24, 2.45) is 5.92 Å². The van der Waals surface area contributed by atoms with E-state index < -0.39 is 0 Å². The van der Waals surface area contributed by atoms with Crippen LogP contribution in [0.4, 0.5) is 0 Å². The largest absolute Gasteiger partial charge is 0.497 e. The fourth-order valence-electron chi connectivity index (χ4n) is 3.39. The summed E-state index contributed by atoms with van der Waals surface area (Å²) in [6.45, 7) is 9.23. The van der Waals surface area contributed by atoms with E-state index in [1.807, 2.05) is 18.2 Å². The van der Waals surface area contributed by atoms with E-state index in [-0.39, 0.29) is 5.91 Å². The van der Waals surface area contributed by atoms with E-state index in [0.717, 1.165) is 55.6 Å². The van der Waals surface area contributed by atoms with E-state index in [1.54, 1.807) is 14.2 Å². The second-order valence-electron chi connectivity index (χ2n) is 7.74. The number of carbonyl (C=O) groups is 1. The van der Waals surface area contributed by atoms with Gasteiger partial charge in [0, 0.05) is 30.6 Å². The Kier molecular flexibility index (Phi) is 10.9. The molecular weight excluding hydrogens is 338 g/mol. The van der Waals surface area contributed by atoms with Crippen molar-refractivity contribution in [1.82, 2.24) is 4.90 Å². The van der Waals surface area contributed by atoms with Crippen LogP contribution in [0.25, 0.3) is 0 Å². The molecule has 0 atom stereocenters. The lowest BCUT2D eigenvalue weighted by atomic mass is 9.99. The van der Waals surface area contributed by atoms with Crippen molar-refractivity contribution in [2.45, 2.75) is 85.2 Å². The summed E-state index contributed by atoms with van der Waals surface area (Å²) >= 11 is 0. The first-order chi connectivity index (χ1) is 13.0. The number of carbonyl (C=O) groups excluding carboxylic acids is 1. The van der Waals surface area contributed by atoms with Crippen molar-refractivity contribution in [2.75, 3.05) is 14.2 Å². The first-order valence-electron chi connectivity index (χ1n) is 10.5. The van der Waals surface area contributed by atoms with Crippen molar-refractivity contribution in [3.05, 3.63) is 23.8 Å². The Morgan fingerprint density at radius 3 is 2.15 bits per heavy atom. The molecule has 0 saturated carbocycles. The molecule has 1 amide bonds. The van der Waals surface area contributed by atoms with E-state index in [4.69, 9.17) is 9.47 Å². The average molecular weight is 378 g/mol. The molecule has 27 heavy (non-hydrogen) atoms. The average Bonchev–Trinajstić information content (AvgIpc) is 2.66. The van der Waals surface area contributed by atoms with Gasteiger partial charge in [-0.25, -0.2) is 0 Å². The Balaban J connectivity index is 3.13. The topological polar surface area (TPSA) is 38.8 Å². The number of unbranched alkanes of at least 4 members (excludes halogenated alkanes) is 2. The number of amides is 1. The Labute approximate surface area is 166 Å². The highest BCUT2D eigenvalue weighted by Gasteiger charge is 2.25. The van der Waals surface area contributed by atoms with Crippen molar-refractivity contribution in [3.8, 4) is 11.5 Å². The molecule has 0 saturated heterocycles. The van der Waals surface area contributed by atoms with Crippen LogP contribution >= 0.6 is 0 Å². The zero-order valence-corrected chi connectivity index (χ0v) is 18.2. The number of ether oxygens (including phenoxy) is 2. The van der Waals surface area contributed by atoms with Gasteiger partial charge < -0.3 is 14.4 Å². The number of hydrogen-bond donors (Lipinski definition) is 0. The van der Waals surface area contributed by atoms with Crippen molar-refractivity contribution in [1.29, 1.82) is 0 Å². The minimum atomic E-state index is 0.250. The van der Waals surface area contributed by atoms with Gasteiger partial charge in [0.2, 0.25) is 5.91 Å². The van der Waals surface area contributed by atoms with Crippen LogP contribution in [-0.2, 0) is 11.3 Å². The summed E-state index contributed by atoms with van der Waals surface area (Å²) in [5.41, 5.74) is 1.04. The van der Waals surface area contributed by atoms with Crippen LogP contribution in [0.2, 0.25) is 0 Å². The van der Waals surface area contributed by atoms with Gasteiger partial charge in [-0.05, 0) is 30.9 Å². The van der Waals surface area contributed by atoms with E-state index in [1.165, 1.54) is 0 Å². The summed E-state index contributed by atoms with van der Waals surface area (Å²) in [7, 11) is 3.32. The Morgan fingerprint density at radius 1 is 1.04 bits per heavy atom. The smallest absolute Gasteiger partial charge is 0.223 e. The standard InChI is InChI=1S/C23H39NO3/c1-7-9-11-20(12-10-8-2)24(23(25)15-18(3)4)17-19-13-14-21(26-5)16-22(19)27-6/h13-14,16,18,20H,7-12,15,17H2,1-6H3. The molecule has 4 nitrogen and oxygen atoms in total. The molecule has 154 valence electrons. The molecule has 0 heterocycles. The lowest BCUT2D eigenvalue weighted by Gasteiger charge is -2.33. The second kappa shape index (κ2) is 12.6. The fourth-order valence-corrected chi connectivity index (χ4v) is 3.39. The third kappa shape index (κ3) is 7.82. The number of benzene rings is 1. The van der Waals surface area contributed by atoms with Crippen LogP contribution in [0.15, 0.2) is 18.2 Å². The van der Waals surface area contributed by atoms with Crippen LogP contribution in [0.1, 0.15) is 78.2 Å². The minimum Gasteiger partial charge on any atom is -0.497 e. The Bertz CT molecular complexity index is 549. The van der Waals surface area contributed by atoms with E-state index >= 15 is 0 Å². The summed E-state index contributed by atoms with van der Waals surface area (Å²) in [6, 6.07) is 6.15. The molecular formula is C23H39NO3. The molecule has 0 bridgehead atoms. The maximum atomic E-state index is 13.1. The highest BCUT2D eigenvalue weighted by Crippen LogP contribution is 2.28. The van der Waals surface area contributed by atoms with Crippen molar-refractivity contribution >= 4 is 5.91 Å². The predicted molar refractivity (Wildman–Crippen MR) is 112 cm³/mol. The molecule has 0 aliphatic rings. The Hall–Kier alpha value is -1.71. The first-order valence-corrected chi connectivity index (χ1v) is 10.5. The van der Waals surface area contributed by atoms with Gasteiger partial charge >= 0.3 is 0 Å². The molecule has 0 radical (unpaired) electrons. The third-order valence-corrected chi connectivity index (χ3v) is 4.96. The SMILES string of the molecule is CCCCC(CCCC)N(Cc1ccc(OC)cc1OC)C(=O)CC(C)C. The van der Waals surface area contributed by atoms with Crippen LogP contribution in [0, 0.1) is 5.92 Å². The zero-order chi connectivity index (χ0) is 20.2. The zero-order valence-electron chi connectivity index (χ0n) is 18.2. The number of rotatable bonds is 13. The maximum absolute atomic E-state index is 13.1. The predicted octanol–water partition coefficient (Wildman–Crippen LogP) is 5.83. The first kappa shape index (κ1) is 23.3. The quantitative estimate of drug-likeness (QED) is 0.434. The van der Waals surface area contributed by atoms with Gasteiger partial charge in [-0.3, -0.25) is 4.79 Å². The molecule has 0 fully saturated rings. The van der Waals surface area contributed by atoms with Crippen molar-refractivity contribution < 1.29 is 14.3 Å². The van der Waals surface area contributed by atoms with E-state index in [0.29, 0.717) is 24.9 Å². The molecule has 0 aliphatic heterocycles. The summed E-state index contributed by atoms with van der Waals surface area (Å²) in [5, 5.41) is 0. The molecule has 0 aliphatic carbocycles. The molecule has 1 aromatic carbocycles. The van der Waals surface area contributed by atoms with Crippen LogP contribution < -0.4 is 9.47 Å².